The van der Waals surface area contributed by atoms with Crippen LogP contribution >= 0.6 is 0 Å². The summed E-state index contributed by atoms with van der Waals surface area (Å²) >= 11 is 0. The number of primary amides is 1. The van der Waals surface area contributed by atoms with Crippen LogP contribution in [0.4, 0.5) is 22.0 Å². The van der Waals surface area contributed by atoms with Crippen LogP contribution in [0.25, 0.3) is 22.2 Å². The smallest absolute Gasteiger partial charge is 0.408 e. The van der Waals surface area contributed by atoms with Gasteiger partial charge in [-0.2, -0.15) is 13.2 Å². The number of hydrogen-bond acceptors (Lipinski definition) is 7. The van der Waals surface area contributed by atoms with E-state index in [0.717, 1.165) is 17.7 Å². The standard InChI is InChI=1S/C33H29F5N4O5/c1-16-7-20-9-21(10-24(46-4)26(20)41-18(16)3)29(44)40-13-32(14-43,33(36,37)38)25-11-22-28(47-15-31(22,12-34)30(39)45)27(42-25)19-5-6-23(35)17(2)8-19/h5-11,14H,12-13,15H2,1-4H3,(H2,39,45)(H,40,44)/t31-,32-/m0/s1. The van der Waals surface area contributed by atoms with E-state index in [1.165, 1.54) is 38.3 Å². The molecular formula is C33H29F5N4O5. The van der Waals surface area contributed by atoms with Crippen molar-refractivity contribution < 1.29 is 45.8 Å². The quantitative estimate of drug-likeness (QED) is 0.194. The van der Waals surface area contributed by atoms with Gasteiger partial charge in [0, 0.05) is 34.3 Å². The van der Waals surface area contributed by atoms with Crippen LogP contribution in [0.2, 0.25) is 0 Å². The van der Waals surface area contributed by atoms with Crippen molar-refractivity contribution in [3.8, 4) is 22.8 Å². The molecule has 0 saturated heterocycles. The van der Waals surface area contributed by atoms with Gasteiger partial charge in [-0.25, -0.2) is 18.7 Å². The van der Waals surface area contributed by atoms with Crippen LogP contribution < -0.4 is 20.5 Å². The summed E-state index contributed by atoms with van der Waals surface area (Å²) in [5.41, 5.74) is 0.208. The molecular weight excluding hydrogens is 627 g/mol. The number of pyridine rings is 2. The Hall–Kier alpha value is -5.14. The summed E-state index contributed by atoms with van der Waals surface area (Å²) in [5.74, 6) is -2.87. The normalized spacial score (nSPS) is 17.0. The number of halogens is 5. The number of fused-ring (bicyclic) bond motifs is 2. The largest absolute Gasteiger partial charge is 0.494 e. The number of rotatable bonds is 9. The highest BCUT2D eigenvalue weighted by atomic mass is 19.4. The fraction of sp³-hybridized carbons (Fsp3) is 0.303. The number of aldehydes is 1. The van der Waals surface area contributed by atoms with Crippen molar-refractivity contribution in [2.24, 2.45) is 5.73 Å². The molecule has 2 aromatic carbocycles. The minimum absolute atomic E-state index is 0.0644. The number of aryl methyl sites for hydroxylation is 3. The van der Waals surface area contributed by atoms with Crippen molar-refractivity contribution in [2.45, 2.75) is 37.8 Å². The van der Waals surface area contributed by atoms with Crippen molar-refractivity contribution in [3.63, 3.8) is 0 Å². The average Bonchev–Trinajstić information content (AvgIpc) is 3.42. The van der Waals surface area contributed by atoms with Crippen molar-refractivity contribution >= 4 is 29.0 Å². The molecule has 0 radical (unpaired) electrons. The zero-order valence-corrected chi connectivity index (χ0v) is 25.6. The highest BCUT2D eigenvalue weighted by Crippen LogP contribution is 2.48. The lowest BCUT2D eigenvalue weighted by atomic mass is 9.78. The third-order valence-corrected chi connectivity index (χ3v) is 8.58. The summed E-state index contributed by atoms with van der Waals surface area (Å²) in [4.78, 5) is 47.1. The molecule has 246 valence electrons. The molecule has 0 spiro atoms. The number of amides is 2. The third-order valence-electron chi connectivity index (χ3n) is 8.58. The molecule has 2 atom stereocenters. The first-order chi connectivity index (χ1) is 22.1. The number of nitrogens with two attached hydrogens (primary N) is 1. The van der Waals surface area contributed by atoms with E-state index in [9.17, 15) is 23.2 Å². The molecule has 0 bridgehead atoms. The first kappa shape index (κ1) is 33.2. The highest BCUT2D eigenvalue weighted by Gasteiger charge is 2.59. The zero-order valence-electron chi connectivity index (χ0n) is 25.6. The maximum Gasteiger partial charge on any atom is 0.408 e. The fourth-order valence-electron chi connectivity index (χ4n) is 5.47. The number of aromatic nitrogens is 2. The van der Waals surface area contributed by atoms with Crippen molar-refractivity contribution in [2.75, 3.05) is 26.9 Å². The van der Waals surface area contributed by atoms with Gasteiger partial charge in [0.1, 0.15) is 53.5 Å². The molecule has 0 saturated carbocycles. The Morgan fingerprint density at radius 2 is 1.81 bits per heavy atom. The number of ether oxygens (including phenoxy) is 2. The van der Waals surface area contributed by atoms with Crippen LogP contribution in [0.5, 0.6) is 11.5 Å². The van der Waals surface area contributed by atoms with Crippen molar-refractivity contribution in [1.29, 1.82) is 0 Å². The number of carbonyl (C=O) groups is 3. The van der Waals surface area contributed by atoms with Gasteiger partial charge < -0.3 is 25.3 Å². The first-order valence-electron chi connectivity index (χ1n) is 14.2. The minimum Gasteiger partial charge on any atom is -0.494 e. The van der Waals surface area contributed by atoms with E-state index in [-0.39, 0.29) is 39.4 Å². The summed E-state index contributed by atoms with van der Waals surface area (Å²) in [6.45, 7) is 1.57. The monoisotopic (exact) mass is 656 g/mol. The zero-order chi connectivity index (χ0) is 34.5. The molecule has 3 N–H and O–H groups in total. The molecule has 4 aromatic rings. The summed E-state index contributed by atoms with van der Waals surface area (Å²) < 4.78 is 84.8. The SMILES string of the molecule is COc1cc(C(=O)NC[C@](C=O)(c2cc3c(c(-c4ccc(F)c(C)c4)n2)OC[C@]3(CF)C(N)=O)C(F)(F)F)cc2cc(C)c(C)nc12. The van der Waals surface area contributed by atoms with Gasteiger partial charge in [-0.05, 0) is 74.4 Å². The van der Waals surface area contributed by atoms with E-state index in [1.807, 2.05) is 0 Å². The van der Waals surface area contributed by atoms with Gasteiger partial charge in [0.2, 0.25) is 5.91 Å². The maximum atomic E-state index is 15.1. The number of alkyl halides is 4. The van der Waals surface area contributed by atoms with E-state index in [0.29, 0.717) is 16.6 Å². The molecule has 9 nitrogen and oxygen atoms in total. The minimum atomic E-state index is -5.37. The molecule has 2 amide bonds. The number of nitrogens with zero attached hydrogens (tertiary/aromatic N) is 2. The van der Waals surface area contributed by atoms with Gasteiger partial charge >= 0.3 is 6.18 Å². The molecule has 14 heteroatoms. The van der Waals surface area contributed by atoms with E-state index in [1.54, 1.807) is 19.9 Å². The molecule has 0 fully saturated rings. The molecule has 1 aliphatic rings. The maximum absolute atomic E-state index is 15.1. The van der Waals surface area contributed by atoms with E-state index >= 15 is 13.2 Å². The fourth-order valence-corrected chi connectivity index (χ4v) is 5.47. The topological polar surface area (TPSA) is 134 Å². The molecule has 5 rings (SSSR count). The number of nitrogens with one attached hydrogen (secondary N) is 1. The van der Waals surface area contributed by atoms with E-state index in [4.69, 9.17) is 15.2 Å². The summed E-state index contributed by atoms with van der Waals surface area (Å²) in [7, 11) is 1.35. The Labute approximate surface area is 265 Å². The van der Waals surface area contributed by atoms with E-state index in [2.05, 4.69) is 15.3 Å². The van der Waals surface area contributed by atoms with Gasteiger partial charge in [0.05, 0.1) is 12.8 Å². The molecule has 1 aliphatic heterocycles. The van der Waals surface area contributed by atoms with Crippen LogP contribution in [0.15, 0.2) is 42.5 Å². The average molecular weight is 657 g/mol. The highest BCUT2D eigenvalue weighted by molar-refractivity contribution is 6.00. The molecule has 0 unspecified atom stereocenters. The Bertz CT molecular complexity index is 1950. The van der Waals surface area contributed by atoms with Crippen LogP contribution in [-0.2, 0) is 20.4 Å². The van der Waals surface area contributed by atoms with Gasteiger partial charge in [-0.1, -0.05) is 0 Å². The van der Waals surface area contributed by atoms with Gasteiger partial charge in [0.25, 0.3) is 5.91 Å². The van der Waals surface area contributed by atoms with Gasteiger partial charge in [-0.15, -0.1) is 0 Å². The molecule has 0 aliphatic carbocycles. The Morgan fingerprint density at radius 3 is 2.40 bits per heavy atom. The third kappa shape index (κ3) is 5.40. The Morgan fingerprint density at radius 1 is 1.09 bits per heavy atom. The molecule has 3 heterocycles. The number of benzene rings is 2. The van der Waals surface area contributed by atoms with Crippen molar-refractivity contribution in [1.82, 2.24) is 15.3 Å². The molecule has 2 aromatic heterocycles. The lowest BCUT2D eigenvalue weighted by Crippen LogP contribution is -2.53. The Balaban J connectivity index is 1.66. The van der Waals surface area contributed by atoms with Crippen LogP contribution in [-0.4, -0.2) is 61.2 Å². The second-order valence-electron chi connectivity index (χ2n) is 11.5. The Kier molecular flexibility index (Phi) is 8.41. The van der Waals surface area contributed by atoms with Crippen LogP contribution in [0.1, 0.15) is 38.4 Å². The van der Waals surface area contributed by atoms with Crippen LogP contribution in [0, 0.1) is 26.6 Å². The van der Waals surface area contributed by atoms with Gasteiger partial charge in [-0.3, -0.25) is 9.59 Å². The number of hydrogen-bond donors (Lipinski definition) is 2. The lowest BCUT2D eigenvalue weighted by molar-refractivity contribution is -0.186. The van der Waals surface area contributed by atoms with E-state index < -0.39 is 66.4 Å². The predicted molar refractivity (Wildman–Crippen MR) is 161 cm³/mol. The summed E-state index contributed by atoms with van der Waals surface area (Å²) in [5, 5.41) is 2.68. The van der Waals surface area contributed by atoms with Crippen LogP contribution in [0.3, 0.4) is 0 Å². The molecule has 47 heavy (non-hydrogen) atoms. The number of carbonyl (C=O) groups excluding carboxylic acids is 3. The number of methoxy groups -OCH3 is 1. The van der Waals surface area contributed by atoms with Gasteiger partial charge in [0.15, 0.2) is 5.41 Å². The predicted octanol–water partition coefficient (Wildman–Crippen LogP) is 4.88. The van der Waals surface area contributed by atoms with Crippen molar-refractivity contribution in [3.05, 3.63) is 81.9 Å². The second-order valence-corrected chi connectivity index (χ2v) is 11.5. The summed E-state index contributed by atoms with van der Waals surface area (Å²) in [6, 6.07) is 8.74. The first-order valence-corrected chi connectivity index (χ1v) is 14.2. The second kappa shape index (κ2) is 11.9. The summed E-state index contributed by atoms with van der Waals surface area (Å²) in [6.07, 6.45) is -5.79. The lowest BCUT2D eigenvalue weighted by Gasteiger charge is -2.31.